The van der Waals surface area contributed by atoms with Crippen molar-refractivity contribution >= 4 is 23.1 Å². The maximum absolute atomic E-state index is 4.72. The Morgan fingerprint density at radius 3 is 2.52 bits per heavy atom. The lowest BCUT2D eigenvalue weighted by Crippen LogP contribution is -2.11. The molecule has 0 bridgehead atoms. The summed E-state index contributed by atoms with van der Waals surface area (Å²) in [4.78, 5) is 6.01. The first-order valence-corrected chi connectivity index (χ1v) is 9.52. The standard InChI is InChI=1S/C19H20N2S2/c1-14(20-2)19-21-18(13-23-19)16-8-10-17(11-9-16)22-12-15-6-4-3-5-7-15/h3-11,13-14,20H,12H2,1-2H3. The number of hydrogen-bond donors (Lipinski definition) is 1. The fraction of sp³-hybridized carbons (Fsp3) is 0.211. The highest BCUT2D eigenvalue weighted by Crippen LogP contribution is 2.28. The zero-order valence-electron chi connectivity index (χ0n) is 13.3. The Kier molecular flexibility index (Phi) is 5.49. The minimum atomic E-state index is 0.300. The molecule has 0 radical (unpaired) electrons. The summed E-state index contributed by atoms with van der Waals surface area (Å²) in [6.07, 6.45) is 0. The van der Waals surface area contributed by atoms with Crippen molar-refractivity contribution in [3.63, 3.8) is 0 Å². The van der Waals surface area contributed by atoms with Crippen LogP contribution >= 0.6 is 23.1 Å². The van der Waals surface area contributed by atoms with Crippen LogP contribution in [0.4, 0.5) is 0 Å². The Balaban J connectivity index is 1.66. The van der Waals surface area contributed by atoms with E-state index in [1.165, 1.54) is 16.0 Å². The van der Waals surface area contributed by atoms with E-state index in [0.717, 1.165) is 16.5 Å². The van der Waals surface area contributed by atoms with Crippen molar-refractivity contribution in [1.82, 2.24) is 10.3 Å². The second-order valence-electron chi connectivity index (χ2n) is 5.38. The molecule has 118 valence electrons. The van der Waals surface area contributed by atoms with Gasteiger partial charge in [-0.1, -0.05) is 42.5 Å². The van der Waals surface area contributed by atoms with Crippen LogP contribution in [0.3, 0.4) is 0 Å². The first-order chi connectivity index (χ1) is 11.3. The van der Waals surface area contributed by atoms with E-state index in [1.54, 1.807) is 11.3 Å². The van der Waals surface area contributed by atoms with Crippen molar-refractivity contribution in [3.8, 4) is 11.3 Å². The molecular weight excluding hydrogens is 320 g/mol. The zero-order chi connectivity index (χ0) is 16.1. The van der Waals surface area contributed by atoms with Crippen molar-refractivity contribution < 1.29 is 0 Å². The normalized spacial score (nSPS) is 12.3. The Labute approximate surface area is 146 Å². The van der Waals surface area contributed by atoms with Crippen molar-refractivity contribution in [2.24, 2.45) is 0 Å². The molecule has 0 aliphatic heterocycles. The molecule has 0 amide bonds. The van der Waals surface area contributed by atoms with E-state index in [0.29, 0.717) is 6.04 Å². The van der Waals surface area contributed by atoms with Gasteiger partial charge in [0.05, 0.1) is 11.7 Å². The van der Waals surface area contributed by atoms with Crippen molar-refractivity contribution in [2.45, 2.75) is 23.6 Å². The third kappa shape index (κ3) is 4.22. The van der Waals surface area contributed by atoms with Crippen LogP contribution in [0, 0.1) is 0 Å². The topological polar surface area (TPSA) is 24.9 Å². The molecule has 0 spiro atoms. The molecule has 1 N–H and O–H groups in total. The predicted octanol–water partition coefficient (Wildman–Crippen LogP) is 5.38. The second kappa shape index (κ2) is 7.77. The summed E-state index contributed by atoms with van der Waals surface area (Å²) in [6, 6.07) is 19.6. The summed E-state index contributed by atoms with van der Waals surface area (Å²) in [6.45, 7) is 2.13. The van der Waals surface area contributed by atoms with Crippen LogP contribution in [0.5, 0.6) is 0 Å². The molecule has 0 saturated heterocycles. The highest BCUT2D eigenvalue weighted by molar-refractivity contribution is 7.98. The van der Waals surface area contributed by atoms with Crippen molar-refractivity contribution in [2.75, 3.05) is 7.05 Å². The van der Waals surface area contributed by atoms with Gasteiger partial charge in [-0.2, -0.15) is 0 Å². The van der Waals surface area contributed by atoms with Crippen LogP contribution in [0.2, 0.25) is 0 Å². The molecule has 0 fully saturated rings. The van der Waals surface area contributed by atoms with Gasteiger partial charge in [0.15, 0.2) is 0 Å². The van der Waals surface area contributed by atoms with Crippen LogP contribution in [0.25, 0.3) is 11.3 Å². The maximum atomic E-state index is 4.72. The lowest BCUT2D eigenvalue weighted by Gasteiger charge is -2.05. The number of thioether (sulfide) groups is 1. The van der Waals surface area contributed by atoms with Crippen LogP contribution < -0.4 is 5.32 Å². The number of rotatable bonds is 6. The van der Waals surface area contributed by atoms with Gasteiger partial charge in [-0.05, 0) is 31.7 Å². The highest BCUT2D eigenvalue weighted by Gasteiger charge is 2.09. The van der Waals surface area contributed by atoms with E-state index in [9.17, 15) is 0 Å². The summed E-state index contributed by atoms with van der Waals surface area (Å²) in [5, 5.41) is 6.50. The van der Waals surface area contributed by atoms with Gasteiger partial charge in [-0.3, -0.25) is 0 Å². The first-order valence-electron chi connectivity index (χ1n) is 7.66. The minimum Gasteiger partial charge on any atom is -0.311 e. The summed E-state index contributed by atoms with van der Waals surface area (Å²) < 4.78 is 0. The summed E-state index contributed by atoms with van der Waals surface area (Å²) in [5.41, 5.74) is 3.60. The largest absolute Gasteiger partial charge is 0.311 e. The molecule has 1 heterocycles. The summed E-state index contributed by atoms with van der Waals surface area (Å²) >= 11 is 3.57. The fourth-order valence-corrected chi connectivity index (χ4v) is 3.95. The molecule has 0 aliphatic carbocycles. The first kappa shape index (κ1) is 16.2. The van der Waals surface area contributed by atoms with Crippen LogP contribution in [0.1, 0.15) is 23.5 Å². The van der Waals surface area contributed by atoms with Crippen LogP contribution in [-0.4, -0.2) is 12.0 Å². The minimum absolute atomic E-state index is 0.300. The Morgan fingerprint density at radius 2 is 1.83 bits per heavy atom. The fourth-order valence-electron chi connectivity index (χ4n) is 2.21. The monoisotopic (exact) mass is 340 g/mol. The van der Waals surface area contributed by atoms with Gasteiger partial charge in [-0.15, -0.1) is 23.1 Å². The summed E-state index contributed by atoms with van der Waals surface area (Å²) in [7, 11) is 1.96. The third-order valence-electron chi connectivity index (χ3n) is 3.72. The van der Waals surface area contributed by atoms with E-state index in [-0.39, 0.29) is 0 Å². The quantitative estimate of drug-likeness (QED) is 0.610. The maximum Gasteiger partial charge on any atom is 0.110 e. The Morgan fingerprint density at radius 1 is 1.09 bits per heavy atom. The average molecular weight is 341 g/mol. The third-order valence-corrected chi connectivity index (χ3v) is 5.83. The summed E-state index contributed by atoms with van der Waals surface area (Å²) in [5.74, 6) is 1.00. The van der Waals surface area contributed by atoms with Crippen molar-refractivity contribution in [1.29, 1.82) is 0 Å². The zero-order valence-corrected chi connectivity index (χ0v) is 15.0. The van der Waals surface area contributed by atoms with Crippen LogP contribution in [-0.2, 0) is 5.75 Å². The molecule has 1 unspecified atom stereocenters. The van der Waals surface area contributed by atoms with Gasteiger partial charge in [0.2, 0.25) is 0 Å². The molecule has 23 heavy (non-hydrogen) atoms. The van der Waals surface area contributed by atoms with Gasteiger partial charge in [0.25, 0.3) is 0 Å². The van der Waals surface area contributed by atoms with E-state index in [2.05, 4.69) is 72.2 Å². The predicted molar refractivity (Wildman–Crippen MR) is 101 cm³/mol. The van der Waals surface area contributed by atoms with Crippen LogP contribution in [0.15, 0.2) is 64.9 Å². The number of thiazole rings is 1. The van der Waals surface area contributed by atoms with Gasteiger partial charge in [0, 0.05) is 21.6 Å². The van der Waals surface area contributed by atoms with Gasteiger partial charge in [0.1, 0.15) is 5.01 Å². The Hall–Kier alpha value is -1.62. The van der Waals surface area contributed by atoms with Gasteiger partial charge >= 0.3 is 0 Å². The highest BCUT2D eigenvalue weighted by atomic mass is 32.2. The molecular formula is C19H20N2S2. The van der Waals surface area contributed by atoms with E-state index < -0.39 is 0 Å². The molecule has 3 aromatic rings. The van der Waals surface area contributed by atoms with E-state index >= 15 is 0 Å². The average Bonchev–Trinajstić information content (AvgIpc) is 3.11. The molecule has 3 rings (SSSR count). The Bertz CT molecular complexity index is 736. The lowest BCUT2D eigenvalue weighted by atomic mass is 10.2. The van der Waals surface area contributed by atoms with E-state index in [4.69, 9.17) is 4.98 Å². The smallest absolute Gasteiger partial charge is 0.110 e. The number of hydrogen-bond acceptors (Lipinski definition) is 4. The number of benzene rings is 2. The number of nitrogens with one attached hydrogen (secondary N) is 1. The molecule has 0 saturated carbocycles. The van der Waals surface area contributed by atoms with E-state index in [1.807, 2.05) is 18.8 Å². The second-order valence-corrected chi connectivity index (χ2v) is 7.32. The molecule has 2 aromatic carbocycles. The lowest BCUT2D eigenvalue weighted by molar-refractivity contribution is 0.648. The molecule has 1 aromatic heterocycles. The number of aromatic nitrogens is 1. The SMILES string of the molecule is CNC(C)c1nc(-c2ccc(SCc3ccccc3)cc2)cs1. The molecule has 4 heteroatoms. The molecule has 2 nitrogen and oxygen atoms in total. The van der Waals surface area contributed by atoms with Gasteiger partial charge < -0.3 is 5.32 Å². The van der Waals surface area contributed by atoms with Gasteiger partial charge in [-0.25, -0.2) is 4.98 Å². The molecule has 1 atom stereocenters. The molecule has 0 aliphatic rings. The van der Waals surface area contributed by atoms with Crippen molar-refractivity contribution in [3.05, 3.63) is 70.5 Å². The number of nitrogens with zero attached hydrogens (tertiary/aromatic N) is 1.